The fourth-order valence-corrected chi connectivity index (χ4v) is 0.712. The van der Waals surface area contributed by atoms with Gasteiger partial charge in [-0.2, -0.15) is 0 Å². The maximum Gasteiger partial charge on any atom is 0.220 e. The van der Waals surface area contributed by atoms with E-state index in [1.807, 2.05) is 13.8 Å². The Labute approximate surface area is 79.3 Å². The molecule has 4 heteroatoms. The molecule has 0 aromatic heterocycles. The maximum absolute atomic E-state index is 11.1. The van der Waals surface area contributed by atoms with Gasteiger partial charge in [-0.25, -0.2) is 0 Å². The molecule has 2 N–H and O–H groups in total. The van der Waals surface area contributed by atoms with Crippen molar-refractivity contribution in [1.82, 2.24) is 5.32 Å². The summed E-state index contributed by atoms with van der Waals surface area (Å²) in [4.78, 5) is 11.1. The number of aliphatic hydroxyl groups is 1. The van der Waals surface area contributed by atoms with E-state index in [9.17, 15) is 4.79 Å². The van der Waals surface area contributed by atoms with Gasteiger partial charge in [0.1, 0.15) is 0 Å². The van der Waals surface area contributed by atoms with Gasteiger partial charge < -0.3 is 15.2 Å². The SMILES string of the molecule is COC(C)(C)CNC(=O)CCCO. The number of aliphatic hydroxyl groups excluding tert-OH is 1. The van der Waals surface area contributed by atoms with E-state index in [0.29, 0.717) is 19.4 Å². The zero-order valence-corrected chi connectivity index (χ0v) is 8.59. The number of carbonyl (C=O) groups excluding carboxylic acids is 1. The number of amides is 1. The van der Waals surface area contributed by atoms with Crippen molar-refractivity contribution in [1.29, 1.82) is 0 Å². The predicted molar refractivity (Wildman–Crippen MR) is 50.4 cm³/mol. The van der Waals surface area contributed by atoms with Crippen molar-refractivity contribution in [2.24, 2.45) is 0 Å². The summed E-state index contributed by atoms with van der Waals surface area (Å²) in [5, 5.41) is 11.2. The van der Waals surface area contributed by atoms with Crippen LogP contribution in [-0.2, 0) is 9.53 Å². The Morgan fingerprint density at radius 3 is 2.62 bits per heavy atom. The summed E-state index contributed by atoms with van der Waals surface area (Å²) in [6.45, 7) is 4.35. The lowest BCUT2D eigenvalue weighted by molar-refractivity contribution is -0.122. The van der Waals surface area contributed by atoms with Crippen molar-refractivity contribution in [3.8, 4) is 0 Å². The molecule has 4 nitrogen and oxygen atoms in total. The van der Waals surface area contributed by atoms with Gasteiger partial charge in [-0.3, -0.25) is 4.79 Å². The Hall–Kier alpha value is -0.610. The Morgan fingerprint density at radius 1 is 1.54 bits per heavy atom. The second-order valence-corrected chi connectivity index (χ2v) is 3.57. The summed E-state index contributed by atoms with van der Waals surface area (Å²) >= 11 is 0. The molecule has 0 aliphatic carbocycles. The lowest BCUT2D eigenvalue weighted by Crippen LogP contribution is -2.39. The van der Waals surface area contributed by atoms with Crippen LogP contribution in [0.2, 0.25) is 0 Å². The number of ether oxygens (including phenoxy) is 1. The molecule has 0 aromatic carbocycles. The molecule has 0 spiro atoms. The van der Waals surface area contributed by atoms with E-state index in [0.717, 1.165) is 0 Å². The molecule has 0 unspecified atom stereocenters. The zero-order chi connectivity index (χ0) is 10.3. The molecule has 0 bridgehead atoms. The van der Waals surface area contributed by atoms with Crippen molar-refractivity contribution in [2.75, 3.05) is 20.3 Å². The molecule has 0 fully saturated rings. The van der Waals surface area contributed by atoms with E-state index in [1.54, 1.807) is 7.11 Å². The van der Waals surface area contributed by atoms with E-state index in [-0.39, 0.29) is 18.1 Å². The van der Waals surface area contributed by atoms with Gasteiger partial charge in [-0.1, -0.05) is 0 Å². The van der Waals surface area contributed by atoms with Gasteiger partial charge in [0.2, 0.25) is 5.91 Å². The number of hydrogen-bond acceptors (Lipinski definition) is 3. The fraction of sp³-hybridized carbons (Fsp3) is 0.889. The van der Waals surface area contributed by atoms with Crippen LogP contribution in [0.1, 0.15) is 26.7 Å². The Morgan fingerprint density at radius 2 is 2.15 bits per heavy atom. The van der Waals surface area contributed by atoms with Crippen LogP contribution in [0.25, 0.3) is 0 Å². The summed E-state index contributed by atoms with van der Waals surface area (Å²) in [6.07, 6.45) is 0.884. The van der Waals surface area contributed by atoms with Crippen molar-refractivity contribution < 1.29 is 14.6 Å². The Kier molecular flexibility index (Phi) is 5.66. The Bertz CT molecular complexity index is 157. The lowest BCUT2D eigenvalue weighted by Gasteiger charge is -2.22. The molecular weight excluding hydrogens is 170 g/mol. The maximum atomic E-state index is 11.1. The predicted octanol–water partition coefficient (Wildman–Crippen LogP) is 0.300. The number of hydrogen-bond donors (Lipinski definition) is 2. The third-order valence-corrected chi connectivity index (χ3v) is 1.83. The third-order valence-electron chi connectivity index (χ3n) is 1.83. The largest absolute Gasteiger partial charge is 0.396 e. The van der Waals surface area contributed by atoms with Gasteiger partial charge in [0.15, 0.2) is 0 Å². The van der Waals surface area contributed by atoms with Crippen LogP contribution >= 0.6 is 0 Å². The summed E-state index contributed by atoms with van der Waals surface area (Å²) < 4.78 is 5.13. The van der Waals surface area contributed by atoms with Crippen LogP contribution in [0.5, 0.6) is 0 Å². The minimum atomic E-state index is -0.325. The van der Waals surface area contributed by atoms with Gasteiger partial charge >= 0.3 is 0 Å². The highest BCUT2D eigenvalue weighted by molar-refractivity contribution is 5.75. The zero-order valence-electron chi connectivity index (χ0n) is 8.59. The van der Waals surface area contributed by atoms with E-state index in [4.69, 9.17) is 9.84 Å². The fourth-order valence-electron chi connectivity index (χ4n) is 0.712. The molecule has 0 saturated heterocycles. The van der Waals surface area contributed by atoms with Gasteiger partial charge in [0.25, 0.3) is 0 Å². The normalized spacial score (nSPS) is 11.4. The van der Waals surface area contributed by atoms with Crippen LogP contribution in [0.4, 0.5) is 0 Å². The van der Waals surface area contributed by atoms with Gasteiger partial charge in [-0.05, 0) is 20.3 Å². The molecule has 0 aliphatic heterocycles. The van der Waals surface area contributed by atoms with Crippen molar-refractivity contribution in [3.63, 3.8) is 0 Å². The van der Waals surface area contributed by atoms with E-state index >= 15 is 0 Å². The minimum absolute atomic E-state index is 0.0424. The quantitative estimate of drug-likeness (QED) is 0.632. The summed E-state index contributed by atoms with van der Waals surface area (Å²) in [6, 6.07) is 0. The van der Waals surface area contributed by atoms with Gasteiger partial charge in [-0.15, -0.1) is 0 Å². The standard InChI is InChI=1S/C9H19NO3/c1-9(2,13-3)7-10-8(12)5-4-6-11/h11H,4-7H2,1-3H3,(H,10,12). The first kappa shape index (κ1) is 12.4. The minimum Gasteiger partial charge on any atom is -0.396 e. The average molecular weight is 189 g/mol. The van der Waals surface area contributed by atoms with Crippen molar-refractivity contribution >= 4 is 5.91 Å². The molecule has 0 radical (unpaired) electrons. The van der Waals surface area contributed by atoms with Crippen molar-refractivity contribution in [3.05, 3.63) is 0 Å². The van der Waals surface area contributed by atoms with Gasteiger partial charge in [0.05, 0.1) is 5.60 Å². The monoisotopic (exact) mass is 189 g/mol. The molecule has 0 atom stereocenters. The molecule has 78 valence electrons. The first-order chi connectivity index (χ1) is 6.02. The number of rotatable bonds is 6. The van der Waals surface area contributed by atoms with Crippen LogP contribution in [0.15, 0.2) is 0 Å². The highest BCUT2D eigenvalue weighted by Gasteiger charge is 2.16. The Balaban J connectivity index is 3.57. The molecule has 1 amide bonds. The second-order valence-electron chi connectivity index (χ2n) is 3.57. The van der Waals surface area contributed by atoms with E-state index in [1.165, 1.54) is 0 Å². The molecule has 0 saturated carbocycles. The van der Waals surface area contributed by atoms with Crippen LogP contribution in [0, 0.1) is 0 Å². The summed E-state index contributed by atoms with van der Waals surface area (Å²) in [5.74, 6) is -0.0424. The van der Waals surface area contributed by atoms with Crippen molar-refractivity contribution in [2.45, 2.75) is 32.3 Å². The number of methoxy groups -OCH3 is 1. The first-order valence-corrected chi connectivity index (χ1v) is 4.44. The van der Waals surface area contributed by atoms with E-state index in [2.05, 4.69) is 5.32 Å². The highest BCUT2D eigenvalue weighted by Crippen LogP contribution is 2.04. The molecular formula is C9H19NO3. The van der Waals surface area contributed by atoms with Crippen LogP contribution in [-0.4, -0.2) is 36.9 Å². The number of nitrogens with one attached hydrogen (secondary N) is 1. The summed E-state index contributed by atoms with van der Waals surface area (Å²) in [5.41, 5.74) is -0.325. The lowest BCUT2D eigenvalue weighted by atomic mass is 10.1. The van der Waals surface area contributed by atoms with Crippen LogP contribution < -0.4 is 5.32 Å². The van der Waals surface area contributed by atoms with Gasteiger partial charge in [0, 0.05) is 26.7 Å². The molecule has 0 aliphatic rings. The average Bonchev–Trinajstić information content (AvgIpc) is 2.11. The van der Waals surface area contributed by atoms with E-state index < -0.39 is 0 Å². The van der Waals surface area contributed by atoms with Crippen LogP contribution in [0.3, 0.4) is 0 Å². The third kappa shape index (κ3) is 6.54. The molecule has 0 heterocycles. The smallest absolute Gasteiger partial charge is 0.220 e. The molecule has 0 rings (SSSR count). The first-order valence-electron chi connectivity index (χ1n) is 4.44. The summed E-state index contributed by atoms with van der Waals surface area (Å²) in [7, 11) is 1.61. The molecule has 0 aromatic rings. The topological polar surface area (TPSA) is 58.6 Å². The molecule has 13 heavy (non-hydrogen) atoms. The highest BCUT2D eigenvalue weighted by atomic mass is 16.5. The second kappa shape index (κ2) is 5.94. The number of carbonyl (C=O) groups is 1.